The van der Waals surface area contributed by atoms with Crippen molar-refractivity contribution in [1.29, 1.82) is 0 Å². The van der Waals surface area contributed by atoms with Crippen LogP contribution in [0.3, 0.4) is 0 Å². The fourth-order valence-corrected chi connectivity index (χ4v) is 4.35. The molecule has 0 aliphatic heterocycles. The molecule has 0 aromatic carbocycles. The van der Waals surface area contributed by atoms with Gasteiger partial charge >= 0.3 is 0 Å². The third kappa shape index (κ3) is 3.75. The van der Waals surface area contributed by atoms with Crippen LogP contribution in [-0.2, 0) is 0 Å². The number of nitrogens with two attached hydrogens (primary N) is 1. The Labute approximate surface area is 124 Å². The number of hydrogen-bond donors (Lipinski definition) is 2. The first kappa shape index (κ1) is 16.3. The van der Waals surface area contributed by atoms with Crippen molar-refractivity contribution in [3.05, 3.63) is 0 Å². The average Bonchev–Trinajstić information content (AvgIpc) is 2.86. The zero-order chi connectivity index (χ0) is 14.6. The Kier molecular flexibility index (Phi) is 5.88. The molecule has 0 aromatic heterocycles. The molecule has 0 heterocycles. The Bertz CT molecular complexity index is 289. The van der Waals surface area contributed by atoms with E-state index in [4.69, 9.17) is 5.73 Å². The molecule has 3 nitrogen and oxygen atoms in total. The molecule has 3 heteroatoms. The van der Waals surface area contributed by atoms with Crippen molar-refractivity contribution in [2.24, 2.45) is 17.6 Å². The van der Waals surface area contributed by atoms with Gasteiger partial charge in [0.05, 0.1) is 6.61 Å². The van der Waals surface area contributed by atoms with Crippen LogP contribution in [0.15, 0.2) is 0 Å². The monoisotopic (exact) mass is 282 g/mol. The maximum Gasteiger partial charge on any atom is 0.0613 e. The summed E-state index contributed by atoms with van der Waals surface area (Å²) < 4.78 is 0. The summed E-state index contributed by atoms with van der Waals surface area (Å²) in [5, 5.41) is 9.53. The van der Waals surface area contributed by atoms with Crippen LogP contribution in [0.1, 0.15) is 64.7 Å². The number of rotatable bonds is 6. The van der Waals surface area contributed by atoms with E-state index >= 15 is 0 Å². The van der Waals surface area contributed by atoms with Crippen LogP contribution in [0.2, 0.25) is 0 Å². The molecule has 2 saturated carbocycles. The lowest BCUT2D eigenvalue weighted by molar-refractivity contribution is 0.125. The highest BCUT2D eigenvalue weighted by Gasteiger charge is 2.38. The van der Waals surface area contributed by atoms with Crippen molar-refractivity contribution >= 4 is 0 Å². The minimum Gasteiger partial charge on any atom is -0.394 e. The van der Waals surface area contributed by atoms with Crippen LogP contribution in [0.4, 0.5) is 0 Å². The highest BCUT2D eigenvalue weighted by molar-refractivity contribution is 4.96. The molecule has 0 radical (unpaired) electrons. The van der Waals surface area contributed by atoms with E-state index in [-0.39, 0.29) is 12.1 Å². The molecule has 2 rings (SSSR count). The minimum atomic E-state index is -0.291. The zero-order valence-electron chi connectivity index (χ0n) is 13.5. The van der Waals surface area contributed by atoms with Gasteiger partial charge in [-0.3, -0.25) is 0 Å². The van der Waals surface area contributed by atoms with Gasteiger partial charge in [-0.05, 0) is 70.4 Å². The van der Waals surface area contributed by atoms with Crippen molar-refractivity contribution < 1.29 is 5.11 Å². The predicted octanol–water partition coefficient (Wildman–Crippen LogP) is 2.77. The van der Waals surface area contributed by atoms with Crippen molar-refractivity contribution in [1.82, 2.24) is 4.90 Å². The standard InChI is InChI=1S/C17H34N2O/c1-3-14-6-8-16(9-7-14)19(2)12-10-15-5-4-11-17(15,18)13-20/h14-16,20H,3-13,18H2,1-2H3. The van der Waals surface area contributed by atoms with E-state index < -0.39 is 0 Å². The highest BCUT2D eigenvalue weighted by Crippen LogP contribution is 2.36. The van der Waals surface area contributed by atoms with Crippen molar-refractivity contribution in [3.8, 4) is 0 Å². The summed E-state index contributed by atoms with van der Waals surface area (Å²) in [6.07, 6.45) is 11.5. The van der Waals surface area contributed by atoms with E-state index in [1.54, 1.807) is 0 Å². The van der Waals surface area contributed by atoms with Crippen LogP contribution < -0.4 is 5.73 Å². The van der Waals surface area contributed by atoms with Crippen LogP contribution in [0, 0.1) is 11.8 Å². The Balaban J connectivity index is 1.74. The summed E-state index contributed by atoms with van der Waals surface area (Å²) in [4.78, 5) is 2.56. The van der Waals surface area contributed by atoms with Crippen molar-refractivity contribution in [2.75, 3.05) is 20.2 Å². The zero-order valence-corrected chi connectivity index (χ0v) is 13.5. The fraction of sp³-hybridized carbons (Fsp3) is 1.00. The van der Waals surface area contributed by atoms with Crippen LogP contribution >= 0.6 is 0 Å². The Morgan fingerprint density at radius 3 is 2.50 bits per heavy atom. The average molecular weight is 282 g/mol. The molecule has 2 aliphatic carbocycles. The SMILES string of the molecule is CCC1CCC(N(C)CCC2CCCC2(N)CO)CC1. The molecule has 2 unspecified atom stereocenters. The van der Waals surface area contributed by atoms with E-state index in [1.807, 2.05) is 0 Å². The summed E-state index contributed by atoms with van der Waals surface area (Å²) in [7, 11) is 2.28. The number of hydrogen-bond acceptors (Lipinski definition) is 3. The van der Waals surface area contributed by atoms with Gasteiger partial charge in [0.2, 0.25) is 0 Å². The highest BCUT2D eigenvalue weighted by atomic mass is 16.3. The van der Waals surface area contributed by atoms with E-state index in [2.05, 4.69) is 18.9 Å². The molecular formula is C17H34N2O. The smallest absolute Gasteiger partial charge is 0.0613 e. The molecule has 0 aromatic rings. The molecule has 0 amide bonds. The third-order valence-corrected chi connectivity index (χ3v) is 6.15. The number of aliphatic hydroxyl groups is 1. The molecule has 2 fully saturated rings. The molecule has 0 spiro atoms. The molecule has 20 heavy (non-hydrogen) atoms. The van der Waals surface area contributed by atoms with Gasteiger partial charge in [-0.25, -0.2) is 0 Å². The van der Waals surface area contributed by atoms with E-state index in [0.29, 0.717) is 5.92 Å². The van der Waals surface area contributed by atoms with Gasteiger partial charge in [-0.1, -0.05) is 19.8 Å². The molecule has 118 valence electrons. The third-order valence-electron chi connectivity index (χ3n) is 6.15. The number of nitrogens with zero attached hydrogens (tertiary/aromatic N) is 1. The van der Waals surface area contributed by atoms with Gasteiger partial charge in [0.25, 0.3) is 0 Å². The first-order chi connectivity index (χ1) is 9.59. The number of aliphatic hydroxyl groups excluding tert-OH is 1. The molecule has 0 saturated heterocycles. The lowest BCUT2D eigenvalue weighted by Crippen LogP contribution is -2.48. The summed E-state index contributed by atoms with van der Waals surface area (Å²) in [5.41, 5.74) is 6.04. The van der Waals surface area contributed by atoms with Gasteiger partial charge in [-0.15, -0.1) is 0 Å². The van der Waals surface area contributed by atoms with Crippen LogP contribution in [0.25, 0.3) is 0 Å². The van der Waals surface area contributed by atoms with Gasteiger partial charge < -0.3 is 15.7 Å². The van der Waals surface area contributed by atoms with Gasteiger partial charge in [-0.2, -0.15) is 0 Å². The first-order valence-corrected chi connectivity index (χ1v) is 8.69. The predicted molar refractivity (Wildman–Crippen MR) is 84.6 cm³/mol. The second-order valence-corrected chi connectivity index (χ2v) is 7.33. The maximum atomic E-state index is 9.53. The Hall–Kier alpha value is -0.120. The summed E-state index contributed by atoms with van der Waals surface area (Å²) in [5.74, 6) is 1.49. The summed E-state index contributed by atoms with van der Waals surface area (Å²) in [6.45, 7) is 3.62. The summed E-state index contributed by atoms with van der Waals surface area (Å²) >= 11 is 0. The van der Waals surface area contributed by atoms with E-state index in [0.717, 1.165) is 31.3 Å². The Morgan fingerprint density at radius 1 is 1.20 bits per heavy atom. The van der Waals surface area contributed by atoms with Gasteiger partial charge in [0, 0.05) is 11.6 Å². The van der Waals surface area contributed by atoms with Gasteiger partial charge in [0.1, 0.15) is 0 Å². The van der Waals surface area contributed by atoms with Crippen molar-refractivity contribution in [3.63, 3.8) is 0 Å². The van der Waals surface area contributed by atoms with Gasteiger partial charge in [0.15, 0.2) is 0 Å². The molecular weight excluding hydrogens is 248 g/mol. The molecule has 2 aliphatic rings. The summed E-state index contributed by atoms with van der Waals surface area (Å²) in [6, 6.07) is 0.778. The van der Waals surface area contributed by atoms with Crippen LogP contribution in [-0.4, -0.2) is 41.8 Å². The largest absolute Gasteiger partial charge is 0.394 e. The minimum absolute atomic E-state index is 0.156. The Morgan fingerprint density at radius 2 is 1.90 bits per heavy atom. The van der Waals surface area contributed by atoms with E-state index in [9.17, 15) is 5.11 Å². The normalized spacial score (nSPS) is 38.5. The fourth-order valence-electron chi connectivity index (χ4n) is 4.35. The lowest BCUT2D eigenvalue weighted by Gasteiger charge is -2.36. The molecule has 3 N–H and O–H groups in total. The van der Waals surface area contributed by atoms with Crippen LogP contribution in [0.5, 0.6) is 0 Å². The molecule has 0 bridgehead atoms. The lowest BCUT2D eigenvalue weighted by atomic mass is 9.83. The van der Waals surface area contributed by atoms with Crippen molar-refractivity contribution in [2.45, 2.75) is 76.3 Å². The molecule has 2 atom stereocenters. The maximum absolute atomic E-state index is 9.53. The first-order valence-electron chi connectivity index (χ1n) is 8.69. The topological polar surface area (TPSA) is 49.5 Å². The van der Waals surface area contributed by atoms with E-state index in [1.165, 1.54) is 44.9 Å². The quantitative estimate of drug-likeness (QED) is 0.787. The second kappa shape index (κ2) is 7.24. The second-order valence-electron chi connectivity index (χ2n) is 7.33.